The summed E-state index contributed by atoms with van der Waals surface area (Å²) in [4.78, 5) is 148. The van der Waals surface area contributed by atoms with E-state index in [0.29, 0.717) is 25.7 Å². The van der Waals surface area contributed by atoms with Gasteiger partial charge in [-0.2, -0.15) is 0 Å². The molecule has 24 heteroatoms. The average molecular weight is 1080 g/mol. The summed E-state index contributed by atoms with van der Waals surface area (Å²) in [6, 6.07) is -8.52. The molecule has 0 spiro atoms. The Hall–Kier alpha value is -5.91. The second-order valence-electron chi connectivity index (χ2n) is 22.3. The molecule has 0 aromatic heterocycles. The molecule has 76 heavy (non-hydrogen) atoms. The molecule has 1 saturated heterocycles. The molecule has 0 saturated carbocycles. The molecule has 11 unspecified atom stereocenters. The summed E-state index contributed by atoms with van der Waals surface area (Å²) in [5.41, 5.74) is -3.21. The van der Waals surface area contributed by atoms with E-state index in [4.69, 9.17) is 0 Å². The molecule has 0 aromatic rings. The SMILES string of the molecule is CCC(C)C(NC(=O)C(C)NC(=O)C(C)NC(=O)C(CC(C)C)NC(C)=O)C(=O)NC(C)(C)C(=O)N1CCCC1C(=O)NC(CC(C)C)C(=O)NC(C)(CC)C(=O)NCC(=O)NC(C(=O)NC(CO)CC(C)C)C(C)O. The fourth-order valence-corrected chi connectivity index (χ4v) is 8.45. The summed E-state index contributed by atoms with van der Waals surface area (Å²) in [5.74, 6) is -7.71. The minimum absolute atomic E-state index is 0.0524. The van der Waals surface area contributed by atoms with Crippen LogP contribution in [0.5, 0.6) is 0 Å². The van der Waals surface area contributed by atoms with Crippen molar-refractivity contribution in [3.05, 3.63) is 0 Å². The lowest BCUT2D eigenvalue weighted by Crippen LogP contribution is -2.64. The molecule has 24 nitrogen and oxygen atoms in total. The number of carbonyl (C=O) groups is 11. The first-order chi connectivity index (χ1) is 35.1. The molecule has 1 aliphatic heterocycles. The fourth-order valence-electron chi connectivity index (χ4n) is 8.45. The largest absolute Gasteiger partial charge is 0.394 e. The molecule has 1 heterocycles. The van der Waals surface area contributed by atoms with Crippen LogP contribution in [0.1, 0.15) is 156 Å². The van der Waals surface area contributed by atoms with E-state index in [1.807, 2.05) is 41.5 Å². The molecule has 1 rings (SSSR count). The number of aliphatic hydroxyl groups excluding tert-OH is 2. The van der Waals surface area contributed by atoms with Crippen molar-refractivity contribution < 1.29 is 63.0 Å². The maximum atomic E-state index is 14.3. The van der Waals surface area contributed by atoms with Gasteiger partial charge in [0.05, 0.1) is 25.3 Å². The minimum Gasteiger partial charge on any atom is -0.394 e. The number of nitrogens with zero attached hydrogens (tertiary/aromatic N) is 1. The molecule has 1 fully saturated rings. The molecule has 1 aliphatic rings. The molecule has 11 atom stereocenters. The molecule has 0 aliphatic carbocycles. The lowest BCUT2D eigenvalue weighted by atomic mass is 9.95. The summed E-state index contributed by atoms with van der Waals surface area (Å²) in [5, 5.41) is 46.1. The van der Waals surface area contributed by atoms with Gasteiger partial charge in [0.1, 0.15) is 53.4 Å². The molecular weight excluding hydrogens is 987 g/mol. The van der Waals surface area contributed by atoms with Crippen molar-refractivity contribution in [1.29, 1.82) is 0 Å². The molecule has 0 radical (unpaired) electrons. The van der Waals surface area contributed by atoms with Crippen molar-refractivity contribution in [1.82, 2.24) is 58.1 Å². The Labute approximate surface area is 449 Å². The first kappa shape index (κ1) is 68.1. The zero-order chi connectivity index (χ0) is 58.6. The fraction of sp³-hybridized carbons (Fsp3) is 0.788. The van der Waals surface area contributed by atoms with Gasteiger partial charge in [0, 0.05) is 13.5 Å². The first-order valence-corrected chi connectivity index (χ1v) is 26.7. The number of aliphatic hydroxyl groups is 2. The van der Waals surface area contributed by atoms with Crippen molar-refractivity contribution in [2.75, 3.05) is 19.7 Å². The molecule has 0 aromatic carbocycles. The highest BCUT2D eigenvalue weighted by Crippen LogP contribution is 2.23. The summed E-state index contributed by atoms with van der Waals surface area (Å²) in [6.07, 6.45) is 0.738. The average Bonchev–Trinajstić information content (AvgIpc) is 3.82. The summed E-state index contributed by atoms with van der Waals surface area (Å²) < 4.78 is 0. The standard InChI is InChI=1S/C52H93N11O13/c1-17-30(9)40(60-43(69)32(11)54-42(68)31(10)55-44(70)36(23-28(5)6)56-34(13)66)48(74)61-51(14,15)50(76)63-21-19-20-38(63)46(72)58-37(24-29(7)8)45(71)62-52(16,18-2)49(75)53-25-39(67)59-41(33(12)65)47(73)57-35(26-64)22-27(3)4/h27-33,35-38,40-41,64-65H,17-26H2,1-16H3,(H,53,75)(H,54,68)(H,55,70)(H,56,66)(H,57,73)(H,58,72)(H,59,67)(H,60,69)(H,61,74)(H,62,71). The van der Waals surface area contributed by atoms with Gasteiger partial charge >= 0.3 is 0 Å². The normalized spacial score (nSPS) is 18.0. The number of hydrogen-bond donors (Lipinski definition) is 12. The summed E-state index contributed by atoms with van der Waals surface area (Å²) in [7, 11) is 0. The van der Waals surface area contributed by atoms with Crippen LogP contribution in [0.4, 0.5) is 0 Å². The zero-order valence-electron chi connectivity index (χ0n) is 47.9. The van der Waals surface area contributed by atoms with Crippen molar-refractivity contribution in [2.45, 2.75) is 221 Å². The van der Waals surface area contributed by atoms with Crippen LogP contribution in [0, 0.1) is 23.7 Å². The topological polar surface area (TPSA) is 352 Å². The monoisotopic (exact) mass is 1080 g/mol. The Bertz CT molecular complexity index is 2030. The Morgan fingerprint density at radius 1 is 0.605 bits per heavy atom. The molecule has 0 bridgehead atoms. The zero-order valence-corrected chi connectivity index (χ0v) is 47.9. The quantitative estimate of drug-likeness (QED) is 0.0409. The highest BCUT2D eigenvalue weighted by molar-refractivity contribution is 6.00. The number of amides is 11. The highest BCUT2D eigenvalue weighted by atomic mass is 16.3. The van der Waals surface area contributed by atoms with E-state index in [2.05, 4.69) is 53.2 Å². The van der Waals surface area contributed by atoms with E-state index in [1.165, 1.54) is 53.4 Å². The predicted molar refractivity (Wildman–Crippen MR) is 284 cm³/mol. The van der Waals surface area contributed by atoms with E-state index in [-0.39, 0.29) is 50.2 Å². The second kappa shape index (κ2) is 31.3. The third kappa shape index (κ3) is 22.0. The van der Waals surface area contributed by atoms with Crippen LogP contribution in [0.25, 0.3) is 0 Å². The van der Waals surface area contributed by atoms with Crippen LogP contribution >= 0.6 is 0 Å². The first-order valence-electron chi connectivity index (χ1n) is 26.7. The van der Waals surface area contributed by atoms with Gasteiger partial charge in [-0.3, -0.25) is 52.7 Å². The summed E-state index contributed by atoms with van der Waals surface area (Å²) >= 11 is 0. The molecule has 12 N–H and O–H groups in total. The van der Waals surface area contributed by atoms with Crippen molar-refractivity contribution in [3.63, 3.8) is 0 Å². The third-order valence-corrected chi connectivity index (χ3v) is 13.2. The third-order valence-electron chi connectivity index (χ3n) is 13.2. The van der Waals surface area contributed by atoms with Crippen LogP contribution in [-0.4, -0.2) is 165 Å². The van der Waals surface area contributed by atoms with Crippen molar-refractivity contribution in [2.24, 2.45) is 23.7 Å². The lowest BCUT2D eigenvalue weighted by Gasteiger charge is -2.36. The number of hydrogen-bond acceptors (Lipinski definition) is 13. The maximum Gasteiger partial charge on any atom is 0.248 e. The Balaban J connectivity index is 3.12. The van der Waals surface area contributed by atoms with E-state index < -0.39 is 143 Å². The predicted octanol–water partition coefficient (Wildman–Crippen LogP) is -0.716. The van der Waals surface area contributed by atoms with Gasteiger partial charge in [-0.25, -0.2) is 0 Å². The number of carbonyl (C=O) groups excluding carboxylic acids is 11. The molecular formula is C52H93N11O13. The van der Waals surface area contributed by atoms with Crippen molar-refractivity contribution >= 4 is 65.0 Å². The second-order valence-corrected chi connectivity index (χ2v) is 22.3. The number of likely N-dealkylation sites (tertiary alicyclic amines) is 1. The van der Waals surface area contributed by atoms with Gasteiger partial charge in [0.2, 0.25) is 65.0 Å². The van der Waals surface area contributed by atoms with Gasteiger partial charge in [0.25, 0.3) is 0 Å². The van der Waals surface area contributed by atoms with Crippen LogP contribution < -0.4 is 53.2 Å². The van der Waals surface area contributed by atoms with E-state index >= 15 is 0 Å². The molecule has 11 amide bonds. The van der Waals surface area contributed by atoms with Crippen LogP contribution in [0.3, 0.4) is 0 Å². The van der Waals surface area contributed by atoms with Gasteiger partial charge in [0.15, 0.2) is 0 Å². The Morgan fingerprint density at radius 2 is 1.13 bits per heavy atom. The van der Waals surface area contributed by atoms with Crippen LogP contribution in [0.15, 0.2) is 0 Å². The van der Waals surface area contributed by atoms with Crippen LogP contribution in [-0.2, 0) is 52.7 Å². The van der Waals surface area contributed by atoms with Gasteiger partial charge in [-0.1, -0.05) is 68.7 Å². The Morgan fingerprint density at radius 3 is 1.62 bits per heavy atom. The minimum atomic E-state index is -1.61. The van der Waals surface area contributed by atoms with E-state index in [9.17, 15) is 63.0 Å². The maximum absolute atomic E-state index is 14.3. The van der Waals surface area contributed by atoms with Crippen LogP contribution in [0.2, 0.25) is 0 Å². The van der Waals surface area contributed by atoms with Crippen molar-refractivity contribution in [3.8, 4) is 0 Å². The van der Waals surface area contributed by atoms with Gasteiger partial charge in [-0.15, -0.1) is 0 Å². The number of rotatable bonds is 31. The Kier molecular flexibility index (Phi) is 28.1. The lowest BCUT2D eigenvalue weighted by molar-refractivity contribution is -0.146. The smallest absolute Gasteiger partial charge is 0.248 e. The van der Waals surface area contributed by atoms with Gasteiger partial charge < -0.3 is 68.3 Å². The van der Waals surface area contributed by atoms with E-state index in [1.54, 1.807) is 20.8 Å². The van der Waals surface area contributed by atoms with Gasteiger partial charge in [-0.05, 0) is 104 Å². The summed E-state index contributed by atoms with van der Waals surface area (Å²) in [6.45, 7) is 25.4. The highest BCUT2D eigenvalue weighted by Gasteiger charge is 2.44. The number of nitrogens with one attached hydrogen (secondary N) is 10. The molecule has 434 valence electrons. The van der Waals surface area contributed by atoms with E-state index in [0.717, 1.165) is 0 Å².